The van der Waals surface area contributed by atoms with Crippen LogP contribution < -0.4 is 10.2 Å². The minimum atomic E-state index is -0.788. The van der Waals surface area contributed by atoms with Gasteiger partial charge in [-0.1, -0.05) is 41.4 Å². The van der Waals surface area contributed by atoms with Crippen molar-refractivity contribution < 1.29 is 28.6 Å². The Balaban J connectivity index is 1.46. The number of H-pyrrole nitrogens is 1. The van der Waals surface area contributed by atoms with Crippen molar-refractivity contribution in [3.8, 4) is 11.5 Å². The standard InChI is InChI=1S/C31H30Cl2N4O6/c1-31(2,3)43-30(40)36-37(18-11-13-41-14-12-18)29(39)23-17-35-28-25(26(23)33)22(16-34-28)27(38)21-10-9-20(15-24(21)32)42-19-7-5-4-6-8-19/h4-10,15-18H,11-14H2,1-3H3,(H,34,35)(H,36,40). The van der Waals surface area contributed by atoms with Crippen molar-refractivity contribution in [2.24, 2.45) is 0 Å². The van der Waals surface area contributed by atoms with E-state index in [1.165, 1.54) is 17.4 Å². The van der Waals surface area contributed by atoms with Crippen LogP contribution in [-0.2, 0) is 9.47 Å². The monoisotopic (exact) mass is 624 g/mol. The van der Waals surface area contributed by atoms with Crippen LogP contribution in [0.25, 0.3) is 11.0 Å². The molecule has 2 aromatic carbocycles. The molecule has 12 heteroatoms. The van der Waals surface area contributed by atoms with Crippen LogP contribution in [-0.4, -0.2) is 57.6 Å². The molecule has 1 aliphatic heterocycles. The van der Waals surface area contributed by atoms with E-state index in [0.29, 0.717) is 43.2 Å². The summed E-state index contributed by atoms with van der Waals surface area (Å²) in [6, 6.07) is 13.6. The number of benzene rings is 2. The number of carbonyl (C=O) groups is 3. The predicted octanol–water partition coefficient (Wildman–Crippen LogP) is 6.95. The summed E-state index contributed by atoms with van der Waals surface area (Å²) < 4.78 is 16.7. The molecule has 0 saturated carbocycles. The molecule has 0 spiro atoms. The Kier molecular flexibility index (Phi) is 8.91. The van der Waals surface area contributed by atoms with Crippen molar-refractivity contribution in [2.45, 2.75) is 45.3 Å². The number of pyridine rings is 1. The lowest BCUT2D eigenvalue weighted by atomic mass is 10.0. The Labute approximate surface area is 258 Å². The van der Waals surface area contributed by atoms with Gasteiger partial charge < -0.3 is 19.2 Å². The smallest absolute Gasteiger partial charge is 0.426 e. The molecule has 43 heavy (non-hydrogen) atoms. The van der Waals surface area contributed by atoms with Gasteiger partial charge in [-0.3, -0.25) is 9.59 Å². The number of aromatic amines is 1. The number of hydrogen-bond donors (Lipinski definition) is 2. The maximum absolute atomic E-state index is 13.9. The third kappa shape index (κ3) is 6.93. The molecule has 0 aliphatic carbocycles. The zero-order valence-electron chi connectivity index (χ0n) is 23.8. The molecule has 0 atom stereocenters. The van der Waals surface area contributed by atoms with E-state index in [1.807, 2.05) is 18.2 Å². The number of para-hydroxylation sites is 1. The number of carbonyl (C=O) groups excluding carboxylic acids is 3. The van der Waals surface area contributed by atoms with Gasteiger partial charge in [0.2, 0.25) is 0 Å². The predicted molar refractivity (Wildman–Crippen MR) is 162 cm³/mol. The zero-order valence-corrected chi connectivity index (χ0v) is 25.3. The number of fused-ring (bicyclic) bond motifs is 1. The minimum absolute atomic E-state index is 0.00259. The summed E-state index contributed by atoms with van der Waals surface area (Å²) in [7, 11) is 0. The van der Waals surface area contributed by atoms with Crippen LogP contribution in [0.5, 0.6) is 11.5 Å². The Hall–Kier alpha value is -4.12. The highest BCUT2D eigenvalue weighted by molar-refractivity contribution is 6.41. The highest BCUT2D eigenvalue weighted by Crippen LogP contribution is 2.34. The van der Waals surface area contributed by atoms with Crippen molar-refractivity contribution in [1.82, 2.24) is 20.4 Å². The summed E-state index contributed by atoms with van der Waals surface area (Å²) in [6.07, 6.45) is 2.98. The second kappa shape index (κ2) is 12.6. The molecular formula is C31H30Cl2N4O6. The lowest BCUT2D eigenvalue weighted by molar-refractivity contribution is -0.00170. The molecule has 224 valence electrons. The second-order valence-electron chi connectivity index (χ2n) is 10.9. The van der Waals surface area contributed by atoms with Crippen molar-refractivity contribution >= 4 is 52.0 Å². The topological polar surface area (TPSA) is 123 Å². The quantitative estimate of drug-likeness (QED) is 0.176. The van der Waals surface area contributed by atoms with Crippen molar-refractivity contribution in [1.29, 1.82) is 0 Å². The van der Waals surface area contributed by atoms with Gasteiger partial charge in [0.25, 0.3) is 5.91 Å². The largest absolute Gasteiger partial charge is 0.457 e. The first kappa shape index (κ1) is 30.3. The molecule has 10 nitrogen and oxygen atoms in total. The molecule has 1 fully saturated rings. The van der Waals surface area contributed by atoms with Crippen LogP contribution >= 0.6 is 23.2 Å². The lowest BCUT2D eigenvalue weighted by Crippen LogP contribution is -2.54. The molecule has 0 bridgehead atoms. The summed E-state index contributed by atoms with van der Waals surface area (Å²) >= 11 is 13.3. The number of hydrogen-bond acceptors (Lipinski definition) is 7. The number of ether oxygens (including phenoxy) is 3. The van der Waals surface area contributed by atoms with Gasteiger partial charge >= 0.3 is 6.09 Å². The maximum Gasteiger partial charge on any atom is 0.426 e. The normalized spacial score (nSPS) is 13.9. The Bertz CT molecular complexity index is 1660. The van der Waals surface area contributed by atoms with Crippen LogP contribution in [0.3, 0.4) is 0 Å². The number of rotatable bonds is 6. The Morgan fingerprint density at radius 1 is 1.00 bits per heavy atom. The molecule has 4 aromatic rings. The molecule has 0 radical (unpaired) electrons. The van der Waals surface area contributed by atoms with Crippen molar-refractivity contribution in [3.63, 3.8) is 0 Å². The summed E-state index contributed by atoms with van der Waals surface area (Å²) in [4.78, 5) is 47.6. The highest BCUT2D eigenvalue weighted by Gasteiger charge is 2.32. The summed E-state index contributed by atoms with van der Waals surface area (Å²) in [5.41, 5.74) is 2.51. The maximum atomic E-state index is 13.9. The Morgan fingerprint density at radius 2 is 1.72 bits per heavy atom. The van der Waals surface area contributed by atoms with Crippen molar-refractivity contribution in [3.05, 3.63) is 87.7 Å². The van der Waals surface area contributed by atoms with Gasteiger partial charge in [-0.2, -0.15) is 0 Å². The number of halogens is 2. The number of amides is 2. The van der Waals surface area contributed by atoms with Gasteiger partial charge in [0.15, 0.2) is 5.78 Å². The fourth-order valence-corrected chi connectivity index (χ4v) is 5.26. The van der Waals surface area contributed by atoms with E-state index in [9.17, 15) is 14.4 Å². The summed E-state index contributed by atoms with van der Waals surface area (Å²) in [6.45, 7) is 6.01. The third-order valence-electron chi connectivity index (χ3n) is 6.66. The van der Waals surface area contributed by atoms with Gasteiger partial charge in [0.05, 0.1) is 27.2 Å². The second-order valence-corrected chi connectivity index (χ2v) is 11.7. The van der Waals surface area contributed by atoms with E-state index in [-0.39, 0.29) is 38.2 Å². The van der Waals surface area contributed by atoms with Gasteiger partial charge in [0.1, 0.15) is 22.7 Å². The number of hydrazine groups is 1. The average Bonchev–Trinajstić information content (AvgIpc) is 3.41. The first-order valence-electron chi connectivity index (χ1n) is 13.7. The van der Waals surface area contributed by atoms with E-state index in [4.69, 9.17) is 37.4 Å². The van der Waals surface area contributed by atoms with E-state index in [2.05, 4.69) is 15.4 Å². The van der Waals surface area contributed by atoms with Gasteiger partial charge in [-0.05, 0) is 57.9 Å². The van der Waals surface area contributed by atoms with Gasteiger partial charge in [0, 0.05) is 42.6 Å². The summed E-state index contributed by atoms with van der Waals surface area (Å²) in [5.74, 6) is 0.0615. The van der Waals surface area contributed by atoms with E-state index in [1.54, 1.807) is 51.1 Å². The molecule has 2 aromatic heterocycles. The van der Waals surface area contributed by atoms with E-state index >= 15 is 0 Å². The SMILES string of the molecule is CC(C)(C)OC(=O)NN(C(=O)c1cnc2[nH]cc(C(=O)c3ccc(Oc4ccccc4)cc3Cl)c2c1Cl)C1CCOCC1. The molecule has 2 N–H and O–H groups in total. The highest BCUT2D eigenvalue weighted by atomic mass is 35.5. The van der Waals surface area contributed by atoms with Crippen LogP contribution in [0.2, 0.25) is 10.0 Å². The molecule has 3 heterocycles. The molecular weight excluding hydrogens is 595 g/mol. The van der Waals surface area contributed by atoms with Gasteiger partial charge in [-0.15, -0.1) is 0 Å². The molecule has 1 saturated heterocycles. The molecule has 2 amide bonds. The number of aromatic nitrogens is 2. The Morgan fingerprint density at radius 3 is 2.40 bits per heavy atom. The number of ketones is 1. The van der Waals surface area contributed by atoms with Crippen molar-refractivity contribution in [2.75, 3.05) is 13.2 Å². The molecule has 0 unspecified atom stereocenters. The van der Waals surface area contributed by atoms with E-state index < -0.39 is 23.4 Å². The van der Waals surface area contributed by atoms with E-state index in [0.717, 1.165) is 0 Å². The first-order chi connectivity index (χ1) is 20.5. The fourth-order valence-electron chi connectivity index (χ4n) is 4.68. The van der Waals surface area contributed by atoms with Crippen LogP contribution in [0.1, 0.15) is 59.9 Å². The van der Waals surface area contributed by atoms with Crippen LogP contribution in [0.4, 0.5) is 4.79 Å². The summed E-state index contributed by atoms with van der Waals surface area (Å²) in [5, 5.41) is 1.64. The third-order valence-corrected chi connectivity index (χ3v) is 7.37. The minimum Gasteiger partial charge on any atom is -0.457 e. The molecule has 1 aliphatic rings. The number of nitrogens with zero attached hydrogens (tertiary/aromatic N) is 2. The molecule has 5 rings (SSSR count). The zero-order chi connectivity index (χ0) is 30.7. The average molecular weight is 626 g/mol. The van der Waals surface area contributed by atoms with Crippen LogP contribution in [0, 0.1) is 0 Å². The van der Waals surface area contributed by atoms with Gasteiger partial charge in [-0.25, -0.2) is 20.2 Å². The fraction of sp³-hybridized carbons (Fsp3) is 0.290. The first-order valence-corrected chi connectivity index (χ1v) is 14.4. The van der Waals surface area contributed by atoms with Crippen LogP contribution in [0.15, 0.2) is 60.9 Å². The lowest BCUT2D eigenvalue weighted by Gasteiger charge is -2.34. The number of nitrogens with one attached hydrogen (secondary N) is 2.